The highest BCUT2D eigenvalue weighted by molar-refractivity contribution is 7.89. The Balaban J connectivity index is 2.40. The first-order valence-corrected chi connectivity index (χ1v) is 7.51. The quantitative estimate of drug-likeness (QED) is 0.847. The van der Waals surface area contributed by atoms with Crippen molar-refractivity contribution in [1.82, 2.24) is 4.31 Å². The Hall–Kier alpha value is -1.21. The predicted octanol–water partition coefficient (Wildman–Crippen LogP) is 1.97. The Morgan fingerprint density at radius 3 is 2.16 bits per heavy atom. The highest BCUT2D eigenvalue weighted by Crippen LogP contribution is 2.28. The molecular formula is C12H16F2N2O2S. The lowest BCUT2D eigenvalue weighted by atomic mass is 10.0. The molecule has 0 atom stereocenters. The van der Waals surface area contributed by atoms with E-state index in [-0.39, 0.29) is 18.8 Å². The van der Waals surface area contributed by atoms with Crippen LogP contribution in [0.15, 0.2) is 17.0 Å². The van der Waals surface area contributed by atoms with Crippen molar-refractivity contribution >= 4 is 15.7 Å². The molecule has 0 bridgehead atoms. The summed E-state index contributed by atoms with van der Waals surface area (Å²) in [5.41, 5.74) is 5.14. The SMILES string of the molecule is CC1CCN(S(=O)(=O)c2c(F)cc(N)cc2F)CC1. The lowest BCUT2D eigenvalue weighted by Gasteiger charge is -2.29. The monoisotopic (exact) mass is 290 g/mol. The molecule has 1 aliphatic rings. The molecule has 0 amide bonds. The third kappa shape index (κ3) is 2.71. The summed E-state index contributed by atoms with van der Waals surface area (Å²) in [7, 11) is -4.14. The van der Waals surface area contributed by atoms with Crippen LogP contribution in [0.5, 0.6) is 0 Å². The zero-order valence-corrected chi connectivity index (χ0v) is 11.4. The molecule has 0 radical (unpaired) electrons. The van der Waals surface area contributed by atoms with Gasteiger partial charge in [-0.2, -0.15) is 4.31 Å². The molecule has 0 aliphatic carbocycles. The number of nitrogens with two attached hydrogens (primary N) is 1. The van der Waals surface area contributed by atoms with Gasteiger partial charge >= 0.3 is 0 Å². The molecule has 1 aliphatic heterocycles. The number of sulfonamides is 1. The zero-order chi connectivity index (χ0) is 14.2. The van der Waals surface area contributed by atoms with Gasteiger partial charge in [0.1, 0.15) is 11.6 Å². The first kappa shape index (κ1) is 14.2. The van der Waals surface area contributed by atoms with Crippen molar-refractivity contribution in [3.05, 3.63) is 23.8 Å². The molecule has 2 N–H and O–H groups in total. The first-order chi connectivity index (χ1) is 8.82. The van der Waals surface area contributed by atoms with Gasteiger partial charge in [0, 0.05) is 18.8 Å². The largest absolute Gasteiger partial charge is 0.399 e. The zero-order valence-electron chi connectivity index (χ0n) is 10.6. The lowest BCUT2D eigenvalue weighted by molar-refractivity contribution is 0.286. The fourth-order valence-electron chi connectivity index (χ4n) is 2.18. The van der Waals surface area contributed by atoms with Crippen LogP contribution < -0.4 is 5.73 Å². The van der Waals surface area contributed by atoms with Gasteiger partial charge in [-0.05, 0) is 30.9 Å². The summed E-state index contributed by atoms with van der Waals surface area (Å²) < 4.78 is 53.1. The molecule has 0 unspecified atom stereocenters. The third-order valence-corrected chi connectivity index (χ3v) is 5.31. The van der Waals surface area contributed by atoms with E-state index in [1.165, 1.54) is 0 Å². The van der Waals surface area contributed by atoms with Crippen LogP contribution in [0.3, 0.4) is 0 Å². The van der Waals surface area contributed by atoms with Crippen LogP contribution in [0.25, 0.3) is 0 Å². The molecule has 0 saturated carbocycles. The molecule has 1 aromatic carbocycles. The molecule has 19 heavy (non-hydrogen) atoms. The number of halogens is 2. The van der Waals surface area contributed by atoms with Gasteiger partial charge in [0.05, 0.1) is 0 Å². The molecule has 1 fully saturated rings. The fourth-order valence-corrected chi connectivity index (χ4v) is 3.74. The second-order valence-corrected chi connectivity index (χ2v) is 6.78. The van der Waals surface area contributed by atoms with Crippen LogP contribution in [-0.2, 0) is 10.0 Å². The van der Waals surface area contributed by atoms with Gasteiger partial charge in [0.25, 0.3) is 0 Å². The number of nitrogens with zero attached hydrogens (tertiary/aromatic N) is 1. The standard InChI is InChI=1S/C12H16F2N2O2S/c1-8-2-4-16(5-3-8)19(17,18)12-10(13)6-9(15)7-11(12)14/h6-8H,2-5,15H2,1H3. The van der Waals surface area contributed by atoms with Gasteiger partial charge in [-0.15, -0.1) is 0 Å². The molecule has 2 rings (SSSR count). The minimum absolute atomic E-state index is 0.138. The van der Waals surface area contributed by atoms with Gasteiger partial charge in [-0.25, -0.2) is 17.2 Å². The van der Waals surface area contributed by atoms with Crippen molar-refractivity contribution in [3.63, 3.8) is 0 Å². The van der Waals surface area contributed by atoms with Crippen LogP contribution in [0, 0.1) is 17.6 Å². The van der Waals surface area contributed by atoms with Gasteiger partial charge in [-0.1, -0.05) is 6.92 Å². The molecule has 0 spiro atoms. The summed E-state index contributed by atoms with van der Waals surface area (Å²) in [6.07, 6.45) is 1.38. The molecule has 4 nitrogen and oxygen atoms in total. The van der Waals surface area contributed by atoms with E-state index in [1.54, 1.807) is 0 Å². The fraction of sp³-hybridized carbons (Fsp3) is 0.500. The van der Waals surface area contributed by atoms with Gasteiger partial charge < -0.3 is 5.73 Å². The van der Waals surface area contributed by atoms with E-state index in [9.17, 15) is 17.2 Å². The number of benzene rings is 1. The maximum Gasteiger partial charge on any atom is 0.248 e. The van der Waals surface area contributed by atoms with Crippen LogP contribution in [0.2, 0.25) is 0 Å². The average Bonchev–Trinajstić information content (AvgIpc) is 2.27. The van der Waals surface area contributed by atoms with Crippen molar-refractivity contribution in [3.8, 4) is 0 Å². The Morgan fingerprint density at radius 1 is 1.21 bits per heavy atom. The average molecular weight is 290 g/mol. The number of anilines is 1. The number of piperidine rings is 1. The molecule has 1 saturated heterocycles. The van der Waals surface area contributed by atoms with Crippen molar-refractivity contribution < 1.29 is 17.2 Å². The maximum absolute atomic E-state index is 13.7. The normalized spacial score (nSPS) is 18.7. The second kappa shape index (κ2) is 5.05. The van der Waals surface area contributed by atoms with E-state index < -0.39 is 26.6 Å². The number of hydrogen-bond donors (Lipinski definition) is 1. The van der Waals surface area contributed by atoms with E-state index >= 15 is 0 Å². The highest BCUT2D eigenvalue weighted by Gasteiger charge is 2.33. The number of rotatable bonds is 2. The van der Waals surface area contributed by atoms with Crippen LogP contribution in [-0.4, -0.2) is 25.8 Å². The van der Waals surface area contributed by atoms with Crippen molar-refractivity contribution in [1.29, 1.82) is 0 Å². The second-order valence-electron chi connectivity index (χ2n) is 4.90. The van der Waals surface area contributed by atoms with E-state index in [2.05, 4.69) is 0 Å². The minimum atomic E-state index is -4.14. The van der Waals surface area contributed by atoms with E-state index in [1.807, 2.05) is 6.92 Å². The summed E-state index contributed by atoms with van der Waals surface area (Å²) in [5.74, 6) is -1.86. The summed E-state index contributed by atoms with van der Waals surface area (Å²) >= 11 is 0. The van der Waals surface area contributed by atoms with Crippen LogP contribution in [0.1, 0.15) is 19.8 Å². The summed E-state index contributed by atoms with van der Waals surface area (Å²) in [6.45, 7) is 2.59. The minimum Gasteiger partial charge on any atom is -0.399 e. The highest BCUT2D eigenvalue weighted by atomic mass is 32.2. The van der Waals surface area contributed by atoms with Crippen LogP contribution in [0.4, 0.5) is 14.5 Å². The van der Waals surface area contributed by atoms with Crippen molar-refractivity contribution in [2.75, 3.05) is 18.8 Å². The Labute approximate surface area is 111 Å². The number of nitrogen functional groups attached to an aromatic ring is 1. The maximum atomic E-state index is 13.7. The molecule has 7 heteroatoms. The van der Waals surface area contributed by atoms with Gasteiger partial charge in [0.15, 0.2) is 4.90 Å². The first-order valence-electron chi connectivity index (χ1n) is 6.07. The van der Waals surface area contributed by atoms with E-state index in [0.29, 0.717) is 18.8 Å². The Kier molecular flexibility index (Phi) is 3.78. The topological polar surface area (TPSA) is 63.4 Å². The summed E-state index contributed by atoms with van der Waals surface area (Å²) in [6, 6.07) is 1.64. The molecule has 1 aromatic rings. The molecule has 0 aromatic heterocycles. The summed E-state index contributed by atoms with van der Waals surface area (Å²) in [5, 5.41) is 0. The van der Waals surface area contributed by atoms with Crippen molar-refractivity contribution in [2.24, 2.45) is 5.92 Å². The Morgan fingerprint density at radius 2 is 1.68 bits per heavy atom. The number of hydrogen-bond acceptors (Lipinski definition) is 3. The van der Waals surface area contributed by atoms with Gasteiger partial charge in [0.2, 0.25) is 10.0 Å². The molecule has 1 heterocycles. The Bertz CT molecular complexity index is 558. The lowest BCUT2D eigenvalue weighted by Crippen LogP contribution is -2.38. The molecule has 106 valence electrons. The van der Waals surface area contributed by atoms with Crippen LogP contribution >= 0.6 is 0 Å². The predicted molar refractivity (Wildman–Crippen MR) is 67.9 cm³/mol. The van der Waals surface area contributed by atoms with Gasteiger partial charge in [-0.3, -0.25) is 0 Å². The van der Waals surface area contributed by atoms with E-state index in [4.69, 9.17) is 5.73 Å². The van der Waals surface area contributed by atoms with Crippen molar-refractivity contribution in [2.45, 2.75) is 24.7 Å². The van der Waals surface area contributed by atoms with E-state index in [0.717, 1.165) is 16.4 Å². The smallest absolute Gasteiger partial charge is 0.248 e. The summed E-state index contributed by atoms with van der Waals surface area (Å²) in [4.78, 5) is -0.906. The molecular weight excluding hydrogens is 274 g/mol. The third-order valence-electron chi connectivity index (χ3n) is 3.36.